The lowest BCUT2D eigenvalue weighted by atomic mass is 9.47. The summed E-state index contributed by atoms with van der Waals surface area (Å²) in [6.07, 6.45) is 16.7. The van der Waals surface area contributed by atoms with Gasteiger partial charge in [-0.25, -0.2) is 0 Å². The van der Waals surface area contributed by atoms with Crippen LogP contribution in [0, 0.1) is 46.3 Å². The van der Waals surface area contributed by atoms with Crippen molar-refractivity contribution in [2.75, 3.05) is 0 Å². The van der Waals surface area contributed by atoms with Crippen LogP contribution in [0.25, 0.3) is 0 Å². The Bertz CT molecular complexity index is 776. The van der Waals surface area contributed by atoms with Gasteiger partial charge in [0.25, 0.3) is 0 Å². The molecule has 4 aliphatic rings. The first-order valence-corrected chi connectivity index (χ1v) is 13.6. The summed E-state index contributed by atoms with van der Waals surface area (Å²) in [7, 11) is 0. The highest BCUT2D eigenvalue weighted by molar-refractivity contribution is 5.66. The van der Waals surface area contributed by atoms with Gasteiger partial charge in [0.1, 0.15) is 6.10 Å². The Morgan fingerprint density at radius 3 is 2.44 bits per heavy atom. The highest BCUT2D eigenvalue weighted by Gasteiger charge is 2.58. The topological polar surface area (TPSA) is 26.3 Å². The van der Waals surface area contributed by atoms with E-state index in [1.807, 2.05) is 5.57 Å². The summed E-state index contributed by atoms with van der Waals surface area (Å²) in [5.74, 6) is 4.43. The Labute approximate surface area is 197 Å². The zero-order valence-corrected chi connectivity index (χ0v) is 21.9. The van der Waals surface area contributed by atoms with E-state index in [4.69, 9.17) is 4.74 Å². The first-order chi connectivity index (χ1) is 15.1. The smallest absolute Gasteiger partial charge is 0.302 e. The predicted octanol–water partition coefficient (Wildman–Crippen LogP) is 8.13. The van der Waals surface area contributed by atoms with Gasteiger partial charge in [0, 0.05) is 6.92 Å². The van der Waals surface area contributed by atoms with Gasteiger partial charge >= 0.3 is 5.97 Å². The molecule has 8 unspecified atom stereocenters. The molecule has 0 aliphatic heterocycles. The molecule has 3 fully saturated rings. The van der Waals surface area contributed by atoms with Crippen LogP contribution in [0.15, 0.2) is 23.3 Å². The van der Waals surface area contributed by atoms with E-state index >= 15 is 0 Å². The summed E-state index contributed by atoms with van der Waals surface area (Å²) < 4.78 is 5.64. The Morgan fingerprint density at radius 1 is 1.06 bits per heavy atom. The standard InChI is InChI=1S/C30H48O2/c1-19(2)20(3)8-9-21(4)26-12-13-27-25-11-10-23-18-24(32-22(5)31)14-16-29(23,6)28(25)15-17-30(26,27)7/h8,11,19,21,23-24,26-28H,9-10,12-18H2,1-7H3. The van der Waals surface area contributed by atoms with Crippen molar-refractivity contribution in [1.29, 1.82) is 0 Å². The summed E-state index contributed by atoms with van der Waals surface area (Å²) in [6.45, 7) is 16.2. The van der Waals surface area contributed by atoms with Crippen LogP contribution in [0.5, 0.6) is 0 Å². The fourth-order valence-electron chi connectivity index (χ4n) is 8.56. The van der Waals surface area contributed by atoms with Crippen molar-refractivity contribution in [1.82, 2.24) is 0 Å². The average Bonchev–Trinajstić information content (AvgIpc) is 3.08. The van der Waals surface area contributed by atoms with Gasteiger partial charge in [-0.05, 0) is 111 Å². The minimum Gasteiger partial charge on any atom is -0.463 e. The van der Waals surface area contributed by atoms with Crippen molar-refractivity contribution in [3.63, 3.8) is 0 Å². The second kappa shape index (κ2) is 8.95. The van der Waals surface area contributed by atoms with Crippen molar-refractivity contribution in [3.05, 3.63) is 23.3 Å². The van der Waals surface area contributed by atoms with E-state index in [2.05, 4.69) is 53.7 Å². The molecule has 0 amide bonds. The van der Waals surface area contributed by atoms with Gasteiger partial charge in [-0.15, -0.1) is 0 Å². The monoisotopic (exact) mass is 440 g/mol. The van der Waals surface area contributed by atoms with Gasteiger partial charge < -0.3 is 4.74 Å². The van der Waals surface area contributed by atoms with E-state index in [-0.39, 0.29) is 12.1 Å². The van der Waals surface area contributed by atoms with Crippen molar-refractivity contribution in [2.45, 2.75) is 112 Å². The molecule has 2 nitrogen and oxygen atoms in total. The number of hydrogen-bond acceptors (Lipinski definition) is 2. The second-order valence-electron chi connectivity index (χ2n) is 12.8. The summed E-state index contributed by atoms with van der Waals surface area (Å²) >= 11 is 0. The lowest BCUT2D eigenvalue weighted by Crippen LogP contribution is -2.50. The molecule has 0 aromatic carbocycles. The molecular formula is C30H48O2. The van der Waals surface area contributed by atoms with Crippen LogP contribution in [-0.2, 0) is 9.53 Å². The molecule has 8 atom stereocenters. The van der Waals surface area contributed by atoms with Gasteiger partial charge in [-0.3, -0.25) is 4.79 Å². The molecular weight excluding hydrogens is 392 g/mol. The van der Waals surface area contributed by atoms with E-state index in [0.717, 1.165) is 36.5 Å². The SMILES string of the molecule is CC(=O)OC1CCC2(C)C(CC=C3C2CCC2(C)C3CCC2C(C)CC=C(C)C(C)C)C1. The molecule has 0 spiro atoms. The molecule has 3 saturated carbocycles. The van der Waals surface area contributed by atoms with Crippen LogP contribution >= 0.6 is 0 Å². The lowest BCUT2D eigenvalue weighted by molar-refractivity contribution is -0.152. The van der Waals surface area contributed by atoms with E-state index < -0.39 is 0 Å². The normalized spacial score (nSPS) is 42.6. The third kappa shape index (κ3) is 4.14. The van der Waals surface area contributed by atoms with E-state index in [9.17, 15) is 4.79 Å². The van der Waals surface area contributed by atoms with Crippen LogP contribution in [0.4, 0.5) is 0 Å². The van der Waals surface area contributed by atoms with Crippen LogP contribution in [0.1, 0.15) is 106 Å². The third-order valence-corrected chi connectivity index (χ3v) is 10.8. The van der Waals surface area contributed by atoms with Crippen LogP contribution in [0.3, 0.4) is 0 Å². The predicted molar refractivity (Wildman–Crippen MR) is 133 cm³/mol. The zero-order valence-electron chi connectivity index (χ0n) is 21.9. The van der Waals surface area contributed by atoms with E-state index in [1.165, 1.54) is 44.9 Å². The van der Waals surface area contributed by atoms with E-state index in [1.54, 1.807) is 12.5 Å². The van der Waals surface area contributed by atoms with Gasteiger partial charge in [0.05, 0.1) is 0 Å². The minimum absolute atomic E-state index is 0.108. The number of fused-ring (bicyclic) bond motifs is 5. The summed E-state index contributed by atoms with van der Waals surface area (Å²) in [5, 5.41) is 0. The van der Waals surface area contributed by atoms with Crippen LogP contribution < -0.4 is 0 Å². The van der Waals surface area contributed by atoms with Crippen molar-refractivity contribution in [2.24, 2.45) is 46.3 Å². The fourth-order valence-corrected chi connectivity index (χ4v) is 8.56. The Morgan fingerprint density at radius 2 is 1.75 bits per heavy atom. The number of carbonyl (C=O) groups excluding carboxylic acids is 1. The third-order valence-electron chi connectivity index (χ3n) is 10.8. The number of rotatable bonds is 5. The van der Waals surface area contributed by atoms with Crippen molar-refractivity contribution >= 4 is 5.97 Å². The molecule has 0 aromatic rings. The molecule has 0 aromatic heterocycles. The molecule has 180 valence electrons. The number of ether oxygens (including phenoxy) is 1. The second-order valence-corrected chi connectivity index (χ2v) is 12.8. The van der Waals surface area contributed by atoms with Gasteiger partial charge in [-0.1, -0.05) is 57.9 Å². The van der Waals surface area contributed by atoms with Crippen molar-refractivity contribution < 1.29 is 9.53 Å². The molecule has 0 bridgehead atoms. The number of carbonyl (C=O) groups is 1. The maximum Gasteiger partial charge on any atom is 0.302 e. The Balaban J connectivity index is 1.50. The molecule has 2 heteroatoms. The van der Waals surface area contributed by atoms with E-state index in [0.29, 0.717) is 22.7 Å². The quantitative estimate of drug-likeness (QED) is 0.318. The first-order valence-electron chi connectivity index (χ1n) is 13.6. The summed E-state index contributed by atoms with van der Waals surface area (Å²) in [6, 6.07) is 0. The van der Waals surface area contributed by atoms with Crippen LogP contribution in [0.2, 0.25) is 0 Å². The highest BCUT2D eigenvalue weighted by Crippen LogP contribution is 2.67. The maximum absolute atomic E-state index is 11.5. The van der Waals surface area contributed by atoms with Gasteiger partial charge in [0.15, 0.2) is 0 Å². The minimum atomic E-state index is -0.108. The molecule has 4 rings (SSSR count). The maximum atomic E-state index is 11.5. The average molecular weight is 441 g/mol. The van der Waals surface area contributed by atoms with Crippen LogP contribution in [-0.4, -0.2) is 12.1 Å². The molecule has 0 radical (unpaired) electrons. The van der Waals surface area contributed by atoms with Crippen molar-refractivity contribution in [3.8, 4) is 0 Å². The Kier molecular flexibility index (Phi) is 6.74. The number of esters is 1. The molecule has 0 heterocycles. The first kappa shape index (κ1) is 24.1. The summed E-state index contributed by atoms with van der Waals surface area (Å²) in [4.78, 5) is 11.5. The summed E-state index contributed by atoms with van der Waals surface area (Å²) in [5.41, 5.74) is 4.29. The lowest BCUT2D eigenvalue weighted by Gasteiger charge is -2.58. The number of allylic oxidation sites excluding steroid dienone is 4. The van der Waals surface area contributed by atoms with Gasteiger partial charge in [0.2, 0.25) is 0 Å². The molecule has 32 heavy (non-hydrogen) atoms. The van der Waals surface area contributed by atoms with Gasteiger partial charge in [-0.2, -0.15) is 0 Å². The number of hydrogen-bond donors (Lipinski definition) is 0. The largest absolute Gasteiger partial charge is 0.463 e. The molecule has 0 N–H and O–H groups in total. The fraction of sp³-hybridized carbons (Fsp3) is 0.833. The highest BCUT2D eigenvalue weighted by atomic mass is 16.5. The Hall–Kier alpha value is -1.05. The molecule has 0 saturated heterocycles. The zero-order chi connectivity index (χ0) is 23.3. The molecule has 4 aliphatic carbocycles.